The van der Waals surface area contributed by atoms with Gasteiger partial charge < -0.3 is 20.1 Å². The van der Waals surface area contributed by atoms with Gasteiger partial charge in [0.1, 0.15) is 35.5 Å². The number of phenolic OH excluding ortho intramolecular Hbond substituents is 1. The van der Waals surface area contributed by atoms with Gasteiger partial charge in [-0.15, -0.1) is 0 Å². The average Bonchev–Trinajstić information content (AvgIpc) is 3.39. The molecule has 4 atom stereocenters. The van der Waals surface area contributed by atoms with Gasteiger partial charge in [-0.2, -0.15) is 23.1 Å². The minimum absolute atomic E-state index is 0.00180. The number of halogens is 5. The zero-order chi connectivity index (χ0) is 31.2. The molecule has 8 nitrogen and oxygen atoms in total. The molecular formula is C28H29F5N6O2. The first kappa shape index (κ1) is 23.3. The number of rotatable bonds is 5. The lowest BCUT2D eigenvalue weighted by atomic mass is 9.93. The summed E-state index contributed by atoms with van der Waals surface area (Å²) in [6, 6.07) is 2.13. The molecule has 41 heavy (non-hydrogen) atoms. The summed E-state index contributed by atoms with van der Waals surface area (Å²) in [7, 11) is 0. The van der Waals surface area contributed by atoms with E-state index in [9.17, 15) is 22.7 Å². The SMILES string of the molecule is [2H]C1([2H])CC[C@@]2(COc3nc(N4CC5CCC4CN5)c4cnc(-c5cc(O)ccc5C(F)(F)F)c(F)c4n3)C[C@@]([2H])(F)CN12. The summed E-state index contributed by atoms with van der Waals surface area (Å²) in [5.41, 5.74) is -4.02. The van der Waals surface area contributed by atoms with Gasteiger partial charge in [0.25, 0.3) is 0 Å². The number of aromatic nitrogens is 3. The molecule has 2 bridgehead atoms. The predicted molar refractivity (Wildman–Crippen MR) is 140 cm³/mol. The van der Waals surface area contributed by atoms with Crippen molar-refractivity contribution in [3.05, 3.63) is 35.8 Å². The van der Waals surface area contributed by atoms with Crippen molar-refractivity contribution >= 4 is 16.7 Å². The Morgan fingerprint density at radius 3 is 2.83 bits per heavy atom. The second kappa shape index (κ2) is 9.62. The van der Waals surface area contributed by atoms with Crippen LogP contribution in [0, 0.1) is 5.82 Å². The summed E-state index contributed by atoms with van der Waals surface area (Å²) in [6.07, 6.45) is -4.26. The number of nitrogens with zero attached hydrogens (tertiary/aromatic N) is 5. The van der Waals surface area contributed by atoms with E-state index >= 15 is 4.39 Å². The number of aromatic hydroxyl groups is 1. The first-order valence-corrected chi connectivity index (χ1v) is 13.5. The molecule has 5 aliphatic heterocycles. The number of benzene rings is 1. The van der Waals surface area contributed by atoms with E-state index < -0.39 is 59.3 Å². The normalized spacial score (nSPS) is 32.1. The fourth-order valence-electron chi connectivity index (χ4n) is 6.55. The van der Waals surface area contributed by atoms with Crippen LogP contribution in [0.2, 0.25) is 0 Å². The van der Waals surface area contributed by atoms with Crippen LogP contribution >= 0.6 is 0 Å². The number of fused-ring (bicyclic) bond motifs is 5. The van der Waals surface area contributed by atoms with Crippen LogP contribution in [0.5, 0.6) is 11.8 Å². The van der Waals surface area contributed by atoms with Crippen molar-refractivity contribution in [3.63, 3.8) is 0 Å². The fourth-order valence-corrected chi connectivity index (χ4v) is 6.55. The van der Waals surface area contributed by atoms with Crippen molar-refractivity contribution in [1.82, 2.24) is 25.2 Å². The van der Waals surface area contributed by atoms with Crippen molar-refractivity contribution < 1.29 is 35.9 Å². The number of piperazine rings is 1. The van der Waals surface area contributed by atoms with Crippen LogP contribution < -0.4 is 15.0 Å². The lowest BCUT2D eigenvalue weighted by molar-refractivity contribution is -0.137. The molecule has 7 heterocycles. The number of hydrogen-bond donors (Lipinski definition) is 2. The highest BCUT2D eigenvalue weighted by atomic mass is 19.4. The Hall–Kier alpha value is -3.32. The molecule has 8 rings (SSSR count). The third kappa shape index (κ3) is 4.53. The monoisotopic (exact) mass is 579 g/mol. The molecule has 5 saturated heterocycles. The summed E-state index contributed by atoms with van der Waals surface area (Å²) in [4.78, 5) is 16.2. The zero-order valence-electron chi connectivity index (χ0n) is 24.8. The maximum atomic E-state index is 16.3. The average molecular weight is 580 g/mol. The molecule has 0 saturated carbocycles. The number of ether oxygens (including phenoxy) is 1. The molecule has 0 amide bonds. The van der Waals surface area contributed by atoms with Crippen LogP contribution in [-0.4, -0.2) is 81.5 Å². The largest absolute Gasteiger partial charge is 0.508 e. The van der Waals surface area contributed by atoms with Crippen molar-refractivity contribution in [2.75, 3.05) is 37.6 Å². The molecule has 2 aromatic heterocycles. The van der Waals surface area contributed by atoms with Gasteiger partial charge in [0.2, 0.25) is 0 Å². The Kier molecular flexibility index (Phi) is 5.46. The van der Waals surface area contributed by atoms with Crippen molar-refractivity contribution in [2.24, 2.45) is 0 Å². The van der Waals surface area contributed by atoms with Crippen LogP contribution in [0.4, 0.5) is 27.8 Å². The van der Waals surface area contributed by atoms with Gasteiger partial charge in [0.05, 0.1) is 17.9 Å². The van der Waals surface area contributed by atoms with Gasteiger partial charge in [-0.3, -0.25) is 9.88 Å². The standard InChI is InChI=1S/C28H29F5N6O2/c29-15-9-27(6-1-7-38(27)12-15)14-41-26-36-24-20(25(37-26)39-13-16-2-3-17(39)10-34-16)11-35-23(22(24)30)19-8-18(40)4-5-21(19)28(31,32)33/h4-5,8,11,15-17,34,40H,1-3,6-7,9-10,12-14H2/t15-,16?,17?,27+/m1/s1/i7D2,15D. The van der Waals surface area contributed by atoms with Gasteiger partial charge in [0.15, 0.2) is 5.82 Å². The van der Waals surface area contributed by atoms with Crippen LogP contribution in [0.3, 0.4) is 0 Å². The number of alkyl halides is 4. The predicted octanol–water partition coefficient (Wildman–Crippen LogP) is 4.45. The Balaban J connectivity index is 1.34. The number of hydrogen-bond acceptors (Lipinski definition) is 8. The van der Waals surface area contributed by atoms with E-state index in [2.05, 4.69) is 20.3 Å². The fraction of sp³-hybridized carbons (Fsp3) is 0.536. The van der Waals surface area contributed by atoms with Crippen LogP contribution in [0.25, 0.3) is 22.2 Å². The van der Waals surface area contributed by atoms with E-state index in [0.29, 0.717) is 19.2 Å². The van der Waals surface area contributed by atoms with E-state index in [1.54, 1.807) is 0 Å². The van der Waals surface area contributed by atoms with Gasteiger partial charge in [0, 0.05) is 52.6 Å². The smallest absolute Gasteiger partial charge is 0.417 e. The van der Waals surface area contributed by atoms with Crippen LogP contribution in [0.1, 0.15) is 41.8 Å². The lowest BCUT2D eigenvalue weighted by Crippen LogP contribution is -2.61. The summed E-state index contributed by atoms with van der Waals surface area (Å²) >= 11 is 0. The van der Waals surface area contributed by atoms with Gasteiger partial charge in [-0.1, -0.05) is 0 Å². The van der Waals surface area contributed by atoms with Crippen molar-refractivity contribution in [1.29, 1.82) is 0 Å². The van der Waals surface area contributed by atoms with E-state index in [-0.39, 0.29) is 60.7 Å². The Labute approximate surface area is 236 Å². The second-order valence-corrected chi connectivity index (χ2v) is 11.2. The van der Waals surface area contributed by atoms with Gasteiger partial charge in [-0.05, 0) is 50.4 Å². The number of pyridine rings is 1. The van der Waals surface area contributed by atoms with Crippen molar-refractivity contribution in [3.8, 4) is 23.0 Å². The molecule has 0 radical (unpaired) electrons. The molecule has 13 heteroatoms. The van der Waals surface area contributed by atoms with Crippen LogP contribution in [-0.2, 0) is 6.18 Å². The zero-order valence-corrected chi connectivity index (χ0v) is 21.8. The summed E-state index contributed by atoms with van der Waals surface area (Å²) in [5.74, 6) is -1.39. The van der Waals surface area contributed by atoms with E-state index in [4.69, 9.17) is 8.85 Å². The third-order valence-electron chi connectivity index (χ3n) is 8.61. The van der Waals surface area contributed by atoms with Gasteiger partial charge in [-0.25, -0.2) is 8.78 Å². The molecule has 3 aromatic rings. The highest BCUT2D eigenvalue weighted by molar-refractivity contribution is 5.92. The number of piperidine rings is 2. The van der Waals surface area contributed by atoms with Crippen LogP contribution in [0.15, 0.2) is 24.4 Å². The van der Waals surface area contributed by atoms with E-state index in [1.165, 1.54) is 11.1 Å². The Bertz CT molecular complexity index is 1640. The lowest BCUT2D eigenvalue weighted by Gasteiger charge is -2.46. The highest BCUT2D eigenvalue weighted by Crippen LogP contribution is 2.43. The number of anilines is 1. The molecule has 2 unspecified atom stereocenters. The molecule has 1 aromatic carbocycles. The minimum atomic E-state index is -4.86. The van der Waals surface area contributed by atoms with E-state index in [0.717, 1.165) is 25.0 Å². The third-order valence-corrected chi connectivity index (χ3v) is 8.61. The first-order chi connectivity index (χ1) is 20.7. The topological polar surface area (TPSA) is 86.6 Å². The second-order valence-electron chi connectivity index (χ2n) is 11.2. The van der Waals surface area contributed by atoms with Crippen molar-refractivity contribution in [2.45, 2.75) is 62.1 Å². The Morgan fingerprint density at radius 2 is 2.10 bits per heavy atom. The maximum absolute atomic E-state index is 16.3. The molecule has 218 valence electrons. The maximum Gasteiger partial charge on any atom is 0.417 e. The molecule has 0 aliphatic carbocycles. The highest BCUT2D eigenvalue weighted by Gasteiger charge is 2.49. The first-order valence-electron chi connectivity index (χ1n) is 15.0. The Morgan fingerprint density at radius 1 is 1.24 bits per heavy atom. The number of phenols is 1. The molecule has 5 fully saturated rings. The quantitative estimate of drug-likeness (QED) is 0.429. The minimum Gasteiger partial charge on any atom is -0.508 e. The summed E-state index contributed by atoms with van der Waals surface area (Å²) in [6.45, 7) is -1.39. The molecule has 0 spiro atoms. The van der Waals surface area contributed by atoms with E-state index in [1.807, 2.05) is 4.90 Å². The molecule has 5 aliphatic rings. The number of nitrogens with one attached hydrogen (secondary N) is 1. The molecular weight excluding hydrogens is 547 g/mol. The summed E-state index contributed by atoms with van der Waals surface area (Å²) < 4.78 is 103. The summed E-state index contributed by atoms with van der Waals surface area (Å²) in [5, 5.41) is 13.5. The van der Waals surface area contributed by atoms with Gasteiger partial charge >= 0.3 is 12.2 Å². The molecule has 2 N–H and O–H groups in total.